The Kier molecular flexibility index (Phi) is 11.1. The average molecular weight is 867 g/mol. The zero-order valence-corrected chi connectivity index (χ0v) is 39.1. The summed E-state index contributed by atoms with van der Waals surface area (Å²) in [6.07, 6.45) is 63.0. The summed E-state index contributed by atoms with van der Waals surface area (Å²) in [7, 11) is 0. The molecule has 2 aromatic carbocycles. The SMILES string of the molecule is CC1=CCC(N(c2ccc(C3=CCC(N(C4=CCC(C)C=C4)C4C=c5c6c(n(C7=CC=CCC7)c5=CC4)CCC=C6)C=C3)cc2)c2ccc3c(c2)C2CCC=CC2N3C2CC=CCC2)C=C1. The lowest BCUT2D eigenvalue weighted by molar-refractivity contribution is 0.264. The van der Waals surface area contributed by atoms with Gasteiger partial charge in [0.05, 0.1) is 24.2 Å². The van der Waals surface area contributed by atoms with E-state index in [4.69, 9.17) is 0 Å². The lowest BCUT2D eigenvalue weighted by Crippen LogP contribution is -2.45. The predicted molar refractivity (Wildman–Crippen MR) is 280 cm³/mol. The van der Waals surface area contributed by atoms with Crippen LogP contribution < -0.4 is 20.4 Å². The molecule has 4 nitrogen and oxygen atoms in total. The maximum atomic E-state index is 2.80. The van der Waals surface area contributed by atoms with Gasteiger partial charge in [0, 0.05) is 62.2 Å². The molecule has 3 aromatic rings. The van der Waals surface area contributed by atoms with E-state index < -0.39 is 0 Å². The fourth-order valence-electron chi connectivity index (χ4n) is 12.8. The Hall–Kier alpha value is -6.00. The van der Waals surface area contributed by atoms with Crippen LogP contribution in [-0.4, -0.2) is 39.7 Å². The van der Waals surface area contributed by atoms with Crippen molar-refractivity contribution < 1.29 is 0 Å². The molecular weight excluding hydrogens is 801 g/mol. The molecular formula is C62H66N4. The van der Waals surface area contributed by atoms with E-state index in [1.54, 1.807) is 5.56 Å². The second-order valence-corrected chi connectivity index (χ2v) is 20.4. The number of nitrogens with zero attached hydrogens (tertiary/aromatic N) is 4. The smallest absolute Gasteiger partial charge is 0.0560 e. The van der Waals surface area contributed by atoms with Crippen molar-refractivity contribution in [1.82, 2.24) is 9.47 Å². The molecule has 12 rings (SSSR count). The lowest BCUT2D eigenvalue weighted by atomic mass is 9.86. The van der Waals surface area contributed by atoms with Crippen molar-refractivity contribution in [1.29, 1.82) is 0 Å². The molecule has 7 unspecified atom stereocenters. The van der Waals surface area contributed by atoms with E-state index >= 15 is 0 Å². The summed E-state index contributed by atoms with van der Waals surface area (Å²) in [5, 5.41) is 2.84. The van der Waals surface area contributed by atoms with Crippen molar-refractivity contribution in [2.75, 3.05) is 9.80 Å². The predicted octanol–water partition coefficient (Wildman–Crippen LogP) is 13.3. The molecule has 0 bridgehead atoms. The standard InChI is InChI=1S/C62H66N4/c1-43-21-29-49(30-22-43)63(53-37-39-61-57(41-53)55-17-9-11-19-59(55)65(61)47-13-5-3-6-14-47)51-33-25-45(26-34-51)46-27-35-52(36-28-46)64(50-31-23-44(2)24-32-50)54-38-40-62-58(42-54)56-18-10-12-20-60(56)66(62)48-15-7-4-8-16-48/h3-5,7,9,12-13,17,20-21,23-31,33,35-36,38-43,48,50-51,53,56,60H,6,8,10-11,14-16,18-19,22,32,34,37H2,1-2H3. The highest BCUT2D eigenvalue weighted by Crippen LogP contribution is 2.50. The average Bonchev–Trinajstić information content (AvgIpc) is 3.89. The number of anilines is 3. The molecule has 0 N–H and O–H groups in total. The molecule has 334 valence electrons. The fraction of sp³-hybridized carbons (Fsp3) is 0.355. The normalized spacial score (nSPS) is 28.0. The first-order valence-electron chi connectivity index (χ1n) is 25.6. The molecule has 0 amide bonds. The van der Waals surface area contributed by atoms with E-state index in [0.717, 1.165) is 57.8 Å². The summed E-state index contributed by atoms with van der Waals surface area (Å²) in [5.41, 5.74) is 15.3. The van der Waals surface area contributed by atoms with Crippen LogP contribution in [-0.2, 0) is 6.42 Å². The van der Waals surface area contributed by atoms with Gasteiger partial charge in [0.2, 0.25) is 0 Å². The topological polar surface area (TPSA) is 14.7 Å². The summed E-state index contributed by atoms with van der Waals surface area (Å²) in [6, 6.07) is 18.8. The van der Waals surface area contributed by atoms with Gasteiger partial charge in [0.15, 0.2) is 0 Å². The van der Waals surface area contributed by atoms with Crippen LogP contribution in [0.4, 0.5) is 17.1 Å². The number of aromatic nitrogens is 1. The van der Waals surface area contributed by atoms with Gasteiger partial charge in [-0.25, -0.2) is 0 Å². The minimum absolute atomic E-state index is 0.263. The Bertz CT molecular complexity index is 2880. The highest BCUT2D eigenvalue weighted by atomic mass is 15.2. The Labute approximate surface area is 393 Å². The molecule has 66 heavy (non-hydrogen) atoms. The van der Waals surface area contributed by atoms with E-state index in [9.17, 15) is 0 Å². The maximum absolute atomic E-state index is 2.80. The van der Waals surface area contributed by atoms with Crippen molar-refractivity contribution in [2.45, 2.75) is 133 Å². The summed E-state index contributed by atoms with van der Waals surface area (Å²) in [6.45, 7) is 4.56. The van der Waals surface area contributed by atoms with Gasteiger partial charge in [-0.3, -0.25) is 0 Å². The van der Waals surface area contributed by atoms with Gasteiger partial charge in [0.1, 0.15) is 0 Å². The lowest BCUT2D eigenvalue weighted by Gasteiger charge is -2.40. The number of rotatable bonds is 9. The molecule has 7 atom stereocenters. The van der Waals surface area contributed by atoms with Gasteiger partial charge in [-0.2, -0.15) is 0 Å². The third-order valence-electron chi connectivity index (χ3n) is 16.2. The van der Waals surface area contributed by atoms with Crippen LogP contribution in [0.3, 0.4) is 0 Å². The minimum Gasteiger partial charge on any atom is -0.361 e. The molecule has 8 aliphatic carbocycles. The molecule has 0 saturated heterocycles. The molecule has 0 spiro atoms. The summed E-state index contributed by atoms with van der Waals surface area (Å²) in [4.78, 5) is 8.15. The van der Waals surface area contributed by atoms with Crippen LogP contribution in [0, 0.1) is 5.92 Å². The monoisotopic (exact) mass is 867 g/mol. The van der Waals surface area contributed by atoms with Gasteiger partial charge in [-0.05, 0) is 155 Å². The van der Waals surface area contributed by atoms with Crippen molar-refractivity contribution in [2.24, 2.45) is 5.92 Å². The van der Waals surface area contributed by atoms with Gasteiger partial charge in [0.25, 0.3) is 0 Å². The maximum Gasteiger partial charge on any atom is 0.0560 e. The Morgan fingerprint density at radius 3 is 2.29 bits per heavy atom. The van der Waals surface area contributed by atoms with Gasteiger partial charge < -0.3 is 19.3 Å². The number of hydrogen-bond donors (Lipinski definition) is 0. The molecule has 2 heterocycles. The van der Waals surface area contributed by atoms with E-state index in [1.165, 1.54) is 92.7 Å². The zero-order valence-electron chi connectivity index (χ0n) is 39.1. The van der Waals surface area contributed by atoms with Crippen LogP contribution in [0.15, 0.2) is 157 Å². The Balaban J connectivity index is 0.833. The quantitative estimate of drug-likeness (QED) is 0.199. The number of fused-ring (bicyclic) bond motifs is 6. The van der Waals surface area contributed by atoms with E-state index in [1.807, 2.05) is 0 Å². The van der Waals surface area contributed by atoms with Gasteiger partial charge in [-0.15, -0.1) is 0 Å². The van der Waals surface area contributed by atoms with Gasteiger partial charge >= 0.3 is 0 Å². The molecule has 0 radical (unpaired) electrons. The van der Waals surface area contributed by atoms with Crippen LogP contribution in [0.1, 0.15) is 119 Å². The molecule has 0 saturated carbocycles. The fourth-order valence-corrected chi connectivity index (χ4v) is 12.8. The third kappa shape index (κ3) is 7.55. The van der Waals surface area contributed by atoms with Crippen molar-refractivity contribution >= 4 is 46.6 Å². The molecule has 1 aromatic heterocycles. The number of hydrogen-bond acceptors (Lipinski definition) is 3. The second kappa shape index (κ2) is 17.7. The van der Waals surface area contributed by atoms with Crippen LogP contribution in [0.2, 0.25) is 0 Å². The molecule has 0 fully saturated rings. The largest absolute Gasteiger partial charge is 0.361 e. The van der Waals surface area contributed by atoms with Crippen molar-refractivity contribution in [3.63, 3.8) is 0 Å². The second-order valence-electron chi connectivity index (χ2n) is 20.4. The first kappa shape index (κ1) is 41.4. The summed E-state index contributed by atoms with van der Waals surface area (Å²) < 4.78 is 2.62. The van der Waals surface area contributed by atoms with Crippen LogP contribution >= 0.6 is 0 Å². The van der Waals surface area contributed by atoms with E-state index in [2.05, 4.69) is 197 Å². The Morgan fingerprint density at radius 1 is 0.652 bits per heavy atom. The van der Waals surface area contributed by atoms with Crippen LogP contribution in [0.5, 0.6) is 0 Å². The van der Waals surface area contributed by atoms with Crippen molar-refractivity contribution in [3.8, 4) is 0 Å². The van der Waals surface area contributed by atoms with Crippen molar-refractivity contribution in [3.05, 3.63) is 190 Å². The highest BCUT2D eigenvalue weighted by Gasteiger charge is 2.41. The zero-order chi connectivity index (χ0) is 44.1. The van der Waals surface area contributed by atoms with Gasteiger partial charge in [-0.1, -0.05) is 134 Å². The number of allylic oxidation sites excluding steroid dienone is 14. The Morgan fingerprint density at radius 2 is 1.50 bits per heavy atom. The molecule has 9 aliphatic rings. The van der Waals surface area contributed by atoms with Crippen LogP contribution in [0.25, 0.3) is 29.5 Å². The molecule has 1 aliphatic heterocycles. The first-order chi connectivity index (χ1) is 32.6. The summed E-state index contributed by atoms with van der Waals surface area (Å²) >= 11 is 0. The number of benzene rings is 2. The highest BCUT2D eigenvalue weighted by molar-refractivity contribution is 5.79. The summed E-state index contributed by atoms with van der Waals surface area (Å²) in [5.74, 6) is 1.13. The minimum atomic E-state index is 0.263. The third-order valence-corrected chi connectivity index (χ3v) is 16.2. The van der Waals surface area contributed by atoms with E-state index in [-0.39, 0.29) is 18.1 Å². The van der Waals surface area contributed by atoms with E-state index in [0.29, 0.717) is 23.9 Å². The molecule has 4 heteroatoms. The first-order valence-corrected chi connectivity index (χ1v) is 25.6.